The second-order valence-electron chi connectivity index (χ2n) is 5.04. The molecule has 140 valence electrons. The second kappa shape index (κ2) is 8.38. The number of carbonyl (C=O) groups excluding carboxylic acids is 2. The highest BCUT2D eigenvalue weighted by Gasteiger charge is 2.22. The van der Waals surface area contributed by atoms with Gasteiger partial charge in [0.15, 0.2) is 6.61 Å². The fourth-order valence-electron chi connectivity index (χ4n) is 2.10. The maximum atomic E-state index is 12.0. The number of ether oxygens (including phenoxy) is 2. The zero-order chi connectivity index (χ0) is 20.0. The molecule has 0 aliphatic heterocycles. The Morgan fingerprint density at radius 3 is 2.33 bits per heavy atom. The van der Waals surface area contributed by atoms with E-state index in [1.165, 1.54) is 37.4 Å². The molecular formula is C16H13N3O8. The van der Waals surface area contributed by atoms with Gasteiger partial charge in [-0.1, -0.05) is 12.1 Å². The lowest BCUT2D eigenvalue weighted by Gasteiger charge is -2.08. The van der Waals surface area contributed by atoms with E-state index in [1.54, 1.807) is 0 Å². The number of carbonyl (C=O) groups is 2. The number of nitro groups is 2. The number of para-hydroxylation sites is 1. The molecule has 0 fully saturated rings. The number of nitro benzene ring substituents is 2. The Labute approximate surface area is 151 Å². The van der Waals surface area contributed by atoms with Gasteiger partial charge in [0.25, 0.3) is 17.3 Å². The standard InChI is InChI=1S/C16H13N3O8/c1-26-10-6-7-14(19(24)25)12(8-10)17-15(20)9-27-16(21)11-4-2-3-5-13(11)18(22)23/h2-8H,9H2,1H3,(H,17,20). The van der Waals surface area contributed by atoms with Crippen LogP contribution in [0.3, 0.4) is 0 Å². The third kappa shape index (κ3) is 4.75. The van der Waals surface area contributed by atoms with Crippen LogP contribution in [-0.4, -0.2) is 35.4 Å². The van der Waals surface area contributed by atoms with E-state index in [0.717, 1.165) is 12.1 Å². The molecule has 0 saturated carbocycles. The Kier molecular flexibility index (Phi) is 5.99. The van der Waals surface area contributed by atoms with Crippen LogP contribution in [0.2, 0.25) is 0 Å². The lowest BCUT2D eigenvalue weighted by Crippen LogP contribution is -2.21. The number of hydrogen-bond acceptors (Lipinski definition) is 8. The van der Waals surface area contributed by atoms with Gasteiger partial charge in [-0.2, -0.15) is 0 Å². The fraction of sp³-hybridized carbons (Fsp3) is 0.125. The molecular weight excluding hydrogens is 362 g/mol. The van der Waals surface area contributed by atoms with Crippen LogP contribution in [0.1, 0.15) is 10.4 Å². The summed E-state index contributed by atoms with van der Waals surface area (Å²) in [6.07, 6.45) is 0. The smallest absolute Gasteiger partial charge is 0.345 e. The van der Waals surface area contributed by atoms with Crippen LogP contribution in [0.15, 0.2) is 42.5 Å². The Morgan fingerprint density at radius 2 is 1.70 bits per heavy atom. The van der Waals surface area contributed by atoms with Crippen molar-refractivity contribution in [1.29, 1.82) is 0 Å². The first kappa shape index (κ1) is 19.3. The Balaban J connectivity index is 2.08. The average molecular weight is 375 g/mol. The Hall–Kier alpha value is -4.02. The summed E-state index contributed by atoms with van der Waals surface area (Å²) in [4.78, 5) is 44.4. The van der Waals surface area contributed by atoms with Crippen molar-refractivity contribution in [1.82, 2.24) is 0 Å². The van der Waals surface area contributed by atoms with Gasteiger partial charge in [-0.3, -0.25) is 25.0 Å². The molecule has 2 rings (SSSR count). The van der Waals surface area contributed by atoms with Crippen molar-refractivity contribution < 1.29 is 28.9 Å². The minimum absolute atomic E-state index is 0.147. The summed E-state index contributed by atoms with van der Waals surface area (Å²) in [5.74, 6) is -1.66. The monoisotopic (exact) mass is 375 g/mol. The molecule has 0 atom stereocenters. The zero-order valence-corrected chi connectivity index (χ0v) is 13.9. The molecule has 11 nitrogen and oxygen atoms in total. The molecule has 11 heteroatoms. The van der Waals surface area contributed by atoms with Crippen molar-refractivity contribution in [3.05, 3.63) is 68.3 Å². The van der Waals surface area contributed by atoms with Crippen molar-refractivity contribution in [3.63, 3.8) is 0 Å². The third-order valence-electron chi connectivity index (χ3n) is 3.33. The van der Waals surface area contributed by atoms with Crippen molar-refractivity contribution in [2.24, 2.45) is 0 Å². The minimum atomic E-state index is -1.07. The van der Waals surface area contributed by atoms with Crippen molar-refractivity contribution in [2.75, 3.05) is 19.0 Å². The van der Waals surface area contributed by atoms with Gasteiger partial charge in [-0.15, -0.1) is 0 Å². The SMILES string of the molecule is COc1ccc([N+](=O)[O-])c(NC(=O)COC(=O)c2ccccc2[N+](=O)[O-])c1. The zero-order valence-electron chi connectivity index (χ0n) is 13.9. The predicted molar refractivity (Wildman–Crippen MR) is 91.7 cm³/mol. The summed E-state index contributed by atoms with van der Waals surface area (Å²) in [6, 6.07) is 8.82. The molecule has 0 spiro atoms. The van der Waals surface area contributed by atoms with E-state index < -0.39 is 34.0 Å². The van der Waals surface area contributed by atoms with E-state index in [-0.39, 0.29) is 22.7 Å². The average Bonchev–Trinajstić information content (AvgIpc) is 2.65. The van der Waals surface area contributed by atoms with Crippen molar-refractivity contribution in [2.45, 2.75) is 0 Å². The number of rotatable bonds is 7. The summed E-state index contributed by atoms with van der Waals surface area (Å²) in [6.45, 7) is -0.792. The third-order valence-corrected chi connectivity index (χ3v) is 3.33. The molecule has 0 unspecified atom stereocenters. The number of amides is 1. The van der Waals surface area contributed by atoms with Crippen LogP contribution in [0.5, 0.6) is 5.75 Å². The molecule has 0 aliphatic rings. The largest absolute Gasteiger partial charge is 0.497 e. The van der Waals surface area contributed by atoms with Gasteiger partial charge in [0.05, 0.1) is 17.0 Å². The molecule has 0 aliphatic carbocycles. The van der Waals surface area contributed by atoms with E-state index in [0.29, 0.717) is 0 Å². The molecule has 2 aromatic rings. The maximum absolute atomic E-state index is 12.0. The second-order valence-corrected chi connectivity index (χ2v) is 5.04. The number of nitrogens with one attached hydrogen (secondary N) is 1. The van der Waals surface area contributed by atoms with E-state index in [9.17, 15) is 29.8 Å². The number of benzene rings is 2. The van der Waals surface area contributed by atoms with Crippen molar-refractivity contribution in [3.8, 4) is 5.75 Å². The predicted octanol–water partition coefficient (Wildman–Crippen LogP) is 2.31. The van der Waals surface area contributed by atoms with Crippen LogP contribution in [0.4, 0.5) is 17.1 Å². The molecule has 0 saturated heterocycles. The Bertz CT molecular complexity index is 912. The van der Waals surface area contributed by atoms with E-state index in [2.05, 4.69) is 5.32 Å². The highest BCUT2D eigenvalue weighted by atomic mass is 16.6. The Morgan fingerprint density at radius 1 is 1.04 bits per heavy atom. The molecule has 0 heterocycles. The maximum Gasteiger partial charge on any atom is 0.345 e. The first-order chi connectivity index (χ1) is 12.8. The lowest BCUT2D eigenvalue weighted by atomic mass is 10.2. The number of methoxy groups -OCH3 is 1. The fourth-order valence-corrected chi connectivity index (χ4v) is 2.10. The highest BCUT2D eigenvalue weighted by molar-refractivity contribution is 5.98. The molecule has 2 aromatic carbocycles. The van der Waals surface area contributed by atoms with Crippen LogP contribution in [0.25, 0.3) is 0 Å². The molecule has 27 heavy (non-hydrogen) atoms. The summed E-state index contributed by atoms with van der Waals surface area (Å²) >= 11 is 0. The van der Waals surface area contributed by atoms with E-state index in [1.807, 2.05) is 0 Å². The van der Waals surface area contributed by atoms with Gasteiger partial charge in [-0.05, 0) is 12.1 Å². The van der Waals surface area contributed by atoms with E-state index >= 15 is 0 Å². The van der Waals surface area contributed by atoms with Crippen LogP contribution in [-0.2, 0) is 9.53 Å². The molecule has 1 N–H and O–H groups in total. The van der Waals surface area contributed by atoms with Gasteiger partial charge in [0, 0.05) is 18.2 Å². The summed E-state index contributed by atoms with van der Waals surface area (Å²) in [5.41, 5.74) is -1.31. The van der Waals surface area contributed by atoms with E-state index in [4.69, 9.17) is 9.47 Å². The normalized spacial score (nSPS) is 9.96. The molecule has 0 aromatic heterocycles. The molecule has 0 bridgehead atoms. The number of nitrogens with zero attached hydrogens (tertiary/aromatic N) is 2. The summed E-state index contributed by atoms with van der Waals surface area (Å²) < 4.78 is 9.69. The number of anilines is 1. The minimum Gasteiger partial charge on any atom is -0.497 e. The number of esters is 1. The molecule has 0 radical (unpaired) electrons. The summed E-state index contributed by atoms with van der Waals surface area (Å²) in [7, 11) is 1.35. The van der Waals surface area contributed by atoms with Crippen LogP contribution in [0, 0.1) is 20.2 Å². The van der Waals surface area contributed by atoms with Gasteiger partial charge in [0.2, 0.25) is 0 Å². The first-order valence-electron chi connectivity index (χ1n) is 7.36. The van der Waals surface area contributed by atoms with Gasteiger partial charge in [0.1, 0.15) is 17.0 Å². The topological polar surface area (TPSA) is 151 Å². The lowest BCUT2D eigenvalue weighted by molar-refractivity contribution is -0.385. The van der Waals surface area contributed by atoms with Gasteiger partial charge < -0.3 is 14.8 Å². The van der Waals surface area contributed by atoms with Gasteiger partial charge in [-0.25, -0.2) is 4.79 Å². The highest BCUT2D eigenvalue weighted by Crippen LogP contribution is 2.28. The van der Waals surface area contributed by atoms with Crippen molar-refractivity contribution >= 4 is 28.9 Å². The van der Waals surface area contributed by atoms with Gasteiger partial charge >= 0.3 is 5.97 Å². The first-order valence-corrected chi connectivity index (χ1v) is 7.36. The molecule has 1 amide bonds. The number of hydrogen-bond donors (Lipinski definition) is 1. The quantitative estimate of drug-likeness (QED) is 0.440. The van der Waals surface area contributed by atoms with Crippen LogP contribution < -0.4 is 10.1 Å². The van der Waals surface area contributed by atoms with Crippen LogP contribution >= 0.6 is 0 Å². The summed E-state index contributed by atoms with van der Waals surface area (Å²) in [5, 5.41) is 24.2.